The molecule has 0 radical (unpaired) electrons. The van der Waals surface area contributed by atoms with E-state index in [4.69, 9.17) is 4.74 Å². The van der Waals surface area contributed by atoms with Crippen molar-refractivity contribution < 1.29 is 28.3 Å². The molecule has 2 aliphatic heterocycles. The number of ether oxygens (including phenoxy) is 1. The van der Waals surface area contributed by atoms with Gasteiger partial charge in [0.25, 0.3) is 0 Å². The van der Waals surface area contributed by atoms with E-state index in [9.17, 15) is 23.6 Å². The van der Waals surface area contributed by atoms with Crippen LogP contribution < -0.4 is 9.46 Å². The van der Waals surface area contributed by atoms with Crippen LogP contribution in [-0.2, 0) is 11.0 Å². The Labute approximate surface area is 199 Å². The minimum atomic E-state index is -1.83. The summed E-state index contributed by atoms with van der Waals surface area (Å²) in [7, 11) is -1.83. The van der Waals surface area contributed by atoms with E-state index in [1.165, 1.54) is 18.2 Å². The van der Waals surface area contributed by atoms with E-state index in [2.05, 4.69) is 9.62 Å². The van der Waals surface area contributed by atoms with Crippen molar-refractivity contribution in [2.45, 2.75) is 23.7 Å². The van der Waals surface area contributed by atoms with Gasteiger partial charge < -0.3 is 19.7 Å². The molecule has 0 spiro atoms. The Kier molecular flexibility index (Phi) is 6.42. The second-order valence-electron chi connectivity index (χ2n) is 9.18. The number of nitrogens with zero attached hydrogens (tertiary/aromatic N) is 1. The van der Waals surface area contributed by atoms with Gasteiger partial charge in [0, 0.05) is 25.6 Å². The number of likely N-dealkylation sites (tertiary alicyclic amines) is 1. The second kappa shape index (κ2) is 9.48. The minimum Gasteiger partial charge on any atom is -0.492 e. The highest BCUT2D eigenvalue weighted by atomic mass is 32.2. The molecule has 1 saturated heterocycles. The lowest BCUT2D eigenvalue weighted by Gasteiger charge is -2.21. The number of hydrogen-bond donors (Lipinski definition) is 3. The first kappa shape index (κ1) is 23.0. The van der Waals surface area contributed by atoms with Crippen LogP contribution in [0.4, 0.5) is 10.1 Å². The third-order valence-electron chi connectivity index (χ3n) is 6.83. The van der Waals surface area contributed by atoms with Crippen LogP contribution in [0.15, 0.2) is 41.3 Å². The van der Waals surface area contributed by atoms with Crippen molar-refractivity contribution in [1.29, 1.82) is 0 Å². The monoisotopic (exact) mass is 486 g/mol. The number of aliphatic hydroxyl groups is 1. The Hall–Kier alpha value is -2.75. The molecule has 2 heterocycles. The molecule has 2 fully saturated rings. The van der Waals surface area contributed by atoms with E-state index in [0.717, 1.165) is 31.5 Å². The first-order valence-electron chi connectivity index (χ1n) is 11.4. The minimum absolute atomic E-state index is 0.0251. The summed E-state index contributed by atoms with van der Waals surface area (Å²) in [6.07, 6.45) is 5.55. The van der Waals surface area contributed by atoms with Crippen molar-refractivity contribution >= 4 is 28.7 Å². The molecule has 1 aliphatic carbocycles. The molecule has 5 rings (SSSR count). The van der Waals surface area contributed by atoms with Gasteiger partial charge in [-0.2, -0.15) is 0 Å². The maximum atomic E-state index is 14.0. The van der Waals surface area contributed by atoms with Gasteiger partial charge in [-0.15, -0.1) is 0 Å². The lowest BCUT2D eigenvalue weighted by molar-refractivity contribution is 0.0692. The van der Waals surface area contributed by atoms with Crippen LogP contribution in [0, 0.1) is 17.7 Å². The molecule has 3 N–H and O–H groups in total. The lowest BCUT2D eigenvalue weighted by Crippen LogP contribution is -2.21. The highest BCUT2D eigenvalue weighted by molar-refractivity contribution is 7.86. The highest BCUT2D eigenvalue weighted by Gasteiger charge is 2.45. The number of hydrogen-bond acceptors (Lipinski definition) is 5. The van der Waals surface area contributed by atoms with Crippen molar-refractivity contribution in [3.8, 4) is 5.75 Å². The predicted octanol–water partition coefficient (Wildman–Crippen LogP) is 3.48. The fourth-order valence-corrected chi connectivity index (χ4v) is 5.89. The predicted molar refractivity (Wildman–Crippen MR) is 127 cm³/mol. The number of benzene rings is 2. The summed E-state index contributed by atoms with van der Waals surface area (Å²) in [6.45, 7) is 3.00. The van der Waals surface area contributed by atoms with Crippen LogP contribution in [0.3, 0.4) is 0 Å². The Morgan fingerprint density at radius 3 is 2.94 bits per heavy atom. The molecule has 9 heteroatoms. The highest BCUT2D eigenvalue weighted by Crippen LogP contribution is 2.55. The summed E-state index contributed by atoms with van der Waals surface area (Å²) in [6, 6.07) is 7.47. The van der Waals surface area contributed by atoms with E-state index < -0.39 is 22.8 Å². The molecule has 1 saturated carbocycles. The summed E-state index contributed by atoms with van der Waals surface area (Å²) in [5.41, 5.74) is 1.52. The molecule has 3 aliphatic rings. The molecule has 1 unspecified atom stereocenters. The summed E-state index contributed by atoms with van der Waals surface area (Å²) in [5, 5.41) is 19.2. The van der Waals surface area contributed by atoms with Crippen molar-refractivity contribution in [1.82, 2.24) is 4.90 Å². The van der Waals surface area contributed by atoms with Crippen LogP contribution in [0.1, 0.15) is 40.2 Å². The maximum absolute atomic E-state index is 14.0. The Morgan fingerprint density at radius 2 is 2.18 bits per heavy atom. The van der Waals surface area contributed by atoms with Crippen molar-refractivity contribution in [2.24, 2.45) is 11.8 Å². The number of carboxylic acids is 1. The van der Waals surface area contributed by atoms with E-state index in [-0.39, 0.29) is 23.8 Å². The van der Waals surface area contributed by atoms with Gasteiger partial charge in [-0.3, -0.25) is 4.90 Å². The standard InChI is InChI=1S/C25H27FN2O5S/c26-18-3-6-22(16(10-18)2-1-8-28-9-7-15(12-28)13-29)34(32)27-21-5-4-19-20-11-17(20)14-33-24(19)23(21)25(30)31/h1-6,10,15,17,20,27,29H,7-9,11-14H2,(H,30,31)/b2-1-/t15-,17-,20-,34?/m0/s1. The number of anilines is 1. The SMILES string of the molecule is O=C(O)c1c(NS(=O)c2ccc(F)cc2/C=C\CN2CC[C@H](CO)C2)ccc2c1OC[C@@H]1C[C@H]21. The average molecular weight is 487 g/mol. The van der Waals surface area contributed by atoms with Gasteiger partial charge in [-0.25, -0.2) is 13.4 Å². The van der Waals surface area contributed by atoms with E-state index in [1.807, 2.05) is 12.1 Å². The normalized spacial score (nSPS) is 24.4. The number of carbonyl (C=O) groups is 1. The van der Waals surface area contributed by atoms with Crippen LogP contribution in [-0.4, -0.2) is 58.1 Å². The third kappa shape index (κ3) is 4.60. The average Bonchev–Trinajstić information content (AvgIpc) is 3.48. The zero-order valence-corrected chi connectivity index (χ0v) is 19.4. The Bertz CT molecular complexity index is 1170. The number of rotatable bonds is 8. The maximum Gasteiger partial charge on any atom is 0.341 e. The second-order valence-corrected chi connectivity index (χ2v) is 10.4. The molecule has 2 aromatic carbocycles. The van der Waals surface area contributed by atoms with Crippen LogP contribution in [0.25, 0.3) is 6.08 Å². The van der Waals surface area contributed by atoms with Crippen LogP contribution in [0.2, 0.25) is 0 Å². The molecule has 0 amide bonds. The summed E-state index contributed by atoms with van der Waals surface area (Å²) >= 11 is 0. The Balaban J connectivity index is 1.36. The Morgan fingerprint density at radius 1 is 1.32 bits per heavy atom. The molecule has 0 bridgehead atoms. The third-order valence-corrected chi connectivity index (χ3v) is 8.01. The first-order valence-corrected chi connectivity index (χ1v) is 12.6. The van der Waals surface area contributed by atoms with Gasteiger partial charge in [-0.1, -0.05) is 18.2 Å². The van der Waals surface area contributed by atoms with Gasteiger partial charge in [-0.05, 0) is 66.6 Å². The zero-order valence-electron chi connectivity index (χ0n) is 18.6. The quantitative estimate of drug-likeness (QED) is 0.529. The van der Waals surface area contributed by atoms with Gasteiger partial charge in [0.05, 0.1) is 17.2 Å². The number of carboxylic acid groups (broad SMARTS) is 1. The fraction of sp³-hybridized carbons (Fsp3) is 0.400. The number of aromatic carboxylic acids is 1. The lowest BCUT2D eigenvalue weighted by atomic mass is 10.0. The van der Waals surface area contributed by atoms with Crippen molar-refractivity contribution in [3.05, 3.63) is 58.9 Å². The van der Waals surface area contributed by atoms with Crippen molar-refractivity contribution in [3.63, 3.8) is 0 Å². The smallest absolute Gasteiger partial charge is 0.341 e. The summed E-state index contributed by atoms with van der Waals surface area (Å²) in [5.74, 6) is -0.191. The molecule has 0 aromatic heterocycles. The van der Waals surface area contributed by atoms with Crippen LogP contribution >= 0.6 is 0 Å². The molecule has 34 heavy (non-hydrogen) atoms. The first-order chi connectivity index (χ1) is 16.4. The number of aliphatic hydroxyl groups excluding tert-OH is 1. The van der Waals surface area contributed by atoms with Gasteiger partial charge >= 0.3 is 5.97 Å². The molecular formula is C25H27FN2O5S. The van der Waals surface area contributed by atoms with Crippen molar-refractivity contribution in [2.75, 3.05) is 37.6 Å². The fourth-order valence-electron chi connectivity index (χ4n) is 4.88. The van der Waals surface area contributed by atoms with E-state index >= 15 is 0 Å². The number of halogens is 1. The van der Waals surface area contributed by atoms with Crippen LogP contribution in [0.5, 0.6) is 5.75 Å². The topological polar surface area (TPSA) is 99.1 Å². The van der Waals surface area contributed by atoms with E-state index in [0.29, 0.717) is 41.2 Å². The molecule has 2 aromatic rings. The van der Waals surface area contributed by atoms with Gasteiger partial charge in [0.15, 0.2) is 11.0 Å². The van der Waals surface area contributed by atoms with Gasteiger partial charge in [0.1, 0.15) is 17.1 Å². The largest absolute Gasteiger partial charge is 0.492 e. The van der Waals surface area contributed by atoms with Gasteiger partial charge in [0.2, 0.25) is 0 Å². The molecule has 180 valence electrons. The van der Waals surface area contributed by atoms with E-state index in [1.54, 1.807) is 12.1 Å². The molecule has 7 nitrogen and oxygen atoms in total. The number of fused-ring (bicyclic) bond motifs is 3. The number of nitrogens with one attached hydrogen (secondary N) is 1. The summed E-state index contributed by atoms with van der Waals surface area (Å²) < 4.78 is 35.8. The molecule has 4 atom stereocenters. The summed E-state index contributed by atoms with van der Waals surface area (Å²) in [4.78, 5) is 14.6. The molecular weight excluding hydrogens is 459 g/mol. The zero-order chi connectivity index (χ0) is 23.8.